The lowest BCUT2D eigenvalue weighted by molar-refractivity contribution is -0.137. The Morgan fingerprint density at radius 3 is 2.47 bits per heavy atom. The first-order valence-electron chi connectivity index (χ1n) is 12.3. The van der Waals surface area contributed by atoms with Gasteiger partial charge in [-0.2, -0.15) is 0 Å². The standard InChI is InChI=1S/C26H41N3O3/c1-5-29(23-20-15-14-19(17-20)22(23)18-11-7-6-8-12-18)24(30)21(13-9-10-16-27)28-25(31)32-26(2,3)4/h6-8,11-12,19-23H,5,9-10,13-17,27H2,1-4H3,(H,28,31)/t19?,20?,21-,22?,23?/m0/s1. The zero-order valence-electron chi connectivity index (χ0n) is 20.2. The number of rotatable bonds is 9. The van der Waals surface area contributed by atoms with E-state index in [1.165, 1.54) is 24.8 Å². The van der Waals surface area contributed by atoms with Crippen molar-refractivity contribution in [3.8, 4) is 0 Å². The van der Waals surface area contributed by atoms with E-state index in [4.69, 9.17) is 10.5 Å². The molecule has 3 rings (SSSR count). The molecule has 0 aliphatic heterocycles. The second kappa shape index (κ2) is 10.7. The SMILES string of the molecule is CCN(C(=O)[C@H](CCCCN)NC(=O)OC(C)(C)C)C1C2CCC(C2)C1c1ccccc1. The first-order chi connectivity index (χ1) is 15.2. The molecular weight excluding hydrogens is 402 g/mol. The molecule has 4 unspecified atom stereocenters. The van der Waals surface area contributed by atoms with Gasteiger partial charge >= 0.3 is 6.09 Å². The lowest BCUT2D eigenvalue weighted by Crippen LogP contribution is -2.55. The number of fused-ring (bicyclic) bond motifs is 2. The second-order valence-corrected chi connectivity index (χ2v) is 10.4. The van der Waals surface area contributed by atoms with Crippen molar-refractivity contribution in [3.05, 3.63) is 35.9 Å². The Balaban J connectivity index is 1.81. The molecule has 2 saturated carbocycles. The van der Waals surface area contributed by atoms with Crippen LogP contribution in [-0.2, 0) is 9.53 Å². The summed E-state index contributed by atoms with van der Waals surface area (Å²) in [6, 6.07) is 10.2. The molecule has 2 fully saturated rings. The van der Waals surface area contributed by atoms with E-state index in [2.05, 4.69) is 36.5 Å². The molecule has 6 heteroatoms. The minimum absolute atomic E-state index is 0.00821. The largest absolute Gasteiger partial charge is 0.444 e. The number of nitrogens with two attached hydrogens (primary N) is 1. The molecule has 2 bridgehead atoms. The number of carbonyl (C=O) groups is 2. The van der Waals surface area contributed by atoms with Crippen molar-refractivity contribution in [1.82, 2.24) is 10.2 Å². The van der Waals surface area contributed by atoms with E-state index in [-0.39, 0.29) is 11.9 Å². The molecule has 6 nitrogen and oxygen atoms in total. The van der Waals surface area contributed by atoms with E-state index in [0.717, 1.165) is 12.8 Å². The number of hydrogen-bond donors (Lipinski definition) is 2. The molecule has 0 aromatic heterocycles. The van der Waals surface area contributed by atoms with Crippen molar-refractivity contribution < 1.29 is 14.3 Å². The number of ether oxygens (including phenoxy) is 1. The summed E-state index contributed by atoms with van der Waals surface area (Å²) < 4.78 is 5.46. The van der Waals surface area contributed by atoms with Gasteiger partial charge in [-0.3, -0.25) is 4.79 Å². The molecule has 5 atom stereocenters. The van der Waals surface area contributed by atoms with Gasteiger partial charge in [0.15, 0.2) is 0 Å². The van der Waals surface area contributed by atoms with Gasteiger partial charge in [0, 0.05) is 18.5 Å². The van der Waals surface area contributed by atoms with E-state index in [0.29, 0.717) is 37.3 Å². The quantitative estimate of drug-likeness (QED) is 0.553. The maximum absolute atomic E-state index is 13.8. The van der Waals surface area contributed by atoms with Crippen LogP contribution in [0.4, 0.5) is 4.79 Å². The second-order valence-electron chi connectivity index (χ2n) is 10.4. The molecule has 1 aromatic carbocycles. The summed E-state index contributed by atoms with van der Waals surface area (Å²) in [5.41, 5.74) is 6.40. The summed E-state index contributed by atoms with van der Waals surface area (Å²) in [4.78, 5) is 28.4. The number of amides is 2. The summed E-state index contributed by atoms with van der Waals surface area (Å²) in [6.45, 7) is 8.75. The molecule has 2 aliphatic rings. The van der Waals surface area contributed by atoms with Gasteiger partial charge in [0.25, 0.3) is 0 Å². The van der Waals surface area contributed by atoms with E-state index in [9.17, 15) is 9.59 Å². The molecule has 3 N–H and O–H groups in total. The van der Waals surface area contributed by atoms with Crippen LogP contribution < -0.4 is 11.1 Å². The van der Waals surface area contributed by atoms with Gasteiger partial charge in [-0.1, -0.05) is 30.3 Å². The number of alkyl carbamates (subject to hydrolysis) is 1. The van der Waals surface area contributed by atoms with Gasteiger partial charge < -0.3 is 20.7 Å². The van der Waals surface area contributed by atoms with Crippen LogP contribution in [0.2, 0.25) is 0 Å². The Morgan fingerprint density at radius 1 is 1.16 bits per heavy atom. The van der Waals surface area contributed by atoms with Gasteiger partial charge in [0.05, 0.1) is 0 Å². The number of hydrogen-bond acceptors (Lipinski definition) is 4. The maximum Gasteiger partial charge on any atom is 0.408 e. The molecule has 0 spiro atoms. The van der Waals surface area contributed by atoms with Gasteiger partial charge in [0.1, 0.15) is 11.6 Å². The fourth-order valence-corrected chi connectivity index (χ4v) is 5.77. The maximum atomic E-state index is 13.8. The van der Waals surface area contributed by atoms with E-state index in [1.807, 2.05) is 31.7 Å². The molecule has 32 heavy (non-hydrogen) atoms. The molecule has 2 amide bonds. The summed E-state index contributed by atoms with van der Waals surface area (Å²) in [7, 11) is 0. The highest BCUT2D eigenvalue weighted by Crippen LogP contribution is 2.55. The zero-order chi connectivity index (χ0) is 23.3. The van der Waals surface area contributed by atoms with Crippen LogP contribution in [0.5, 0.6) is 0 Å². The van der Waals surface area contributed by atoms with E-state index >= 15 is 0 Å². The van der Waals surface area contributed by atoms with Gasteiger partial charge in [-0.05, 0) is 90.2 Å². The monoisotopic (exact) mass is 443 g/mol. The first-order valence-corrected chi connectivity index (χ1v) is 12.3. The number of nitrogens with one attached hydrogen (secondary N) is 1. The first kappa shape index (κ1) is 24.6. The van der Waals surface area contributed by atoms with Crippen LogP contribution in [0, 0.1) is 11.8 Å². The van der Waals surface area contributed by atoms with Crippen molar-refractivity contribution in [2.24, 2.45) is 17.6 Å². The van der Waals surface area contributed by atoms with Crippen LogP contribution in [0.1, 0.15) is 77.7 Å². The molecule has 1 aromatic rings. The predicted molar refractivity (Wildman–Crippen MR) is 127 cm³/mol. The van der Waals surface area contributed by atoms with Crippen LogP contribution in [-0.4, -0.2) is 47.7 Å². The van der Waals surface area contributed by atoms with Gasteiger partial charge in [0.2, 0.25) is 5.91 Å². The number of unbranched alkanes of at least 4 members (excludes halogenated alkanes) is 1. The van der Waals surface area contributed by atoms with Crippen LogP contribution in [0.25, 0.3) is 0 Å². The Kier molecular flexibility index (Phi) is 8.21. The topological polar surface area (TPSA) is 84.7 Å². The number of nitrogens with zero attached hydrogens (tertiary/aromatic N) is 1. The Hall–Kier alpha value is -2.08. The number of carbonyl (C=O) groups excluding carboxylic acids is 2. The minimum atomic E-state index is -0.609. The summed E-state index contributed by atoms with van der Waals surface area (Å²) in [5.74, 6) is 1.53. The van der Waals surface area contributed by atoms with Crippen molar-refractivity contribution in [1.29, 1.82) is 0 Å². The lowest BCUT2D eigenvalue weighted by Gasteiger charge is -2.41. The normalized spacial score (nSPS) is 25.4. The van der Waals surface area contributed by atoms with Crippen molar-refractivity contribution in [3.63, 3.8) is 0 Å². The third-order valence-electron chi connectivity index (χ3n) is 6.98. The van der Waals surface area contributed by atoms with Gasteiger partial charge in [-0.25, -0.2) is 4.79 Å². The molecule has 178 valence electrons. The fourth-order valence-electron chi connectivity index (χ4n) is 5.77. The average Bonchev–Trinajstić information content (AvgIpc) is 3.35. The number of likely N-dealkylation sites (N-methyl/N-ethyl adjacent to an activating group) is 1. The third kappa shape index (κ3) is 5.83. The fraction of sp³-hybridized carbons (Fsp3) is 0.692. The molecule has 2 aliphatic carbocycles. The predicted octanol–water partition coefficient (Wildman–Crippen LogP) is 4.44. The van der Waals surface area contributed by atoms with Crippen LogP contribution in [0.15, 0.2) is 30.3 Å². The smallest absolute Gasteiger partial charge is 0.408 e. The molecule has 0 saturated heterocycles. The Labute approximate surface area is 193 Å². The van der Waals surface area contributed by atoms with E-state index < -0.39 is 17.7 Å². The van der Waals surface area contributed by atoms with Gasteiger partial charge in [-0.15, -0.1) is 0 Å². The summed E-state index contributed by atoms with van der Waals surface area (Å²) in [6.07, 6.45) is 5.26. The zero-order valence-corrected chi connectivity index (χ0v) is 20.2. The molecular formula is C26H41N3O3. The summed E-state index contributed by atoms with van der Waals surface area (Å²) in [5, 5.41) is 2.88. The lowest BCUT2D eigenvalue weighted by atomic mass is 9.78. The minimum Gasteiger partial charge on any atom is -0.444 e. The van der Waals surface area contributed by atoms with Crippen LogP contribution in [0.3, 0.4) is 0 Å². The Morgan fingerprint density at radius 2 is 1.84 bits per heavy atom. The van der Waals surface area contributed by atoms with E-state index in [1.54, 1.807) is 0 Å². The summed E-state index contributed by atoms with van der Waals surface area (Å²) >= 11 is 0. The Bertz CT molecular complexity index is 761. The molecule has 0 heterocycles. The highest BCUT2D eigenvalue weighted by molar-refractivity contribution is 5.86. The van der Waals surface area contributed by atoms with Crippen molar-refractivity contribution in [2.45, 2.75) is 89.8 Å². The molecule has 0 radical (unpaired) electrons. The van der Waals surface area contributed by atoms with Crippen molar-refractivity contribution in [2.75, 3.05) is 13.1 Å². The van der Waals surface area contributed by atoms with Crippen molar-refractivity contribution >= 4 is 12.0 Å². The van der Waals surface area contributed by atoms with Crippen LogP contribution >= 0.6 is 0 Å². The highest BCUT2D eigenvalue weighted by Gasteiger charge is 2.51. The highest BCUT2D eigenvalue weighted by atomic mass is 16.6. The third-order valence-corrected chi connectivity index (χ3v) is 6.98. The number of benzene rings is 1. The average molecular weight is 444 g/mol.